The Morgan fingerprint density at radius 1 is 1.30 bits per heavy atom. The molecule has 3 aromatic rings. The number of nitrogen functional groups attached to an aromatic ring is 1. The van der Waals surface area contributed by atoms with Crippen LogP contribution in [0.25, 0.3) is 21.7 Å². The molecule has 2 heterocycles. The van der Waals surface area contributed by atoms with Crippen molar-refractivity contribution in [2.45, 2.75) is 6.92 Å². The lowest BCUT2D eigenvalue weighted by Crippen LogP contribution is -1.91. The van der Waals surface area contributed by atoms with E-state index >= 15 is 0 Å². The van der Waals surface area contributed by atoms with E-state index in [0.717, 1.165) is 17.1 Å². The third-order valence-electron chi connectivity index (χ3n) is 2.77. The fraction of sp³-hybridized carbons (Fsp3) is 0.0769. The molecule has 0 saturated heterocycles. The number of nitrogens with two attached hydrogens (primary N) is 1. The summed E-state index contributed by atoms with van der Waals surface area (Å²) in [7, 11) is 0. The minimum atomic E-state index is -0.720. The molecule has 0 amide bonds. The van der Waals surface area contributed by atoms with Gasteiger partial charge in [0.05, 0.1) is 15.4 Å². The van der Waals surface area contributed by atoms with Crippen LogP contribution in [0.1, 0.15) is 5.01 Å². The van der Waals surface area contributed by atoms with Crippen molar-refractivity contribution < 1.29 is 13.3 Å². The van der Waals surface area contributed by atoms with E-state index in [1.54, 1.807) is 6.20 Å². The minimum absolute atomic E-state index is 0.0171. The summed E-state index contributed by atoms with van der Waals surface area (Å²) in [6.45, 7) is 1.84. The van der Waals surface area contributed by atoms with Crippen molar-refractivity contribution in [1.82, 2.24) is 10.1 Å². The van der Waals surface area contributed by atoms with Crippen LogP contribution in [0, 0.1) is 18.6 Å². The smallest absolute Gasteiger partial charge is 0.230 e. The third kappa shape index (κ3) is 2.05. The molecule has 0 aliphatic heterocycles. The van der Waals surface area contributed by atoms with Crippen LogP contribution in [0.15, 0.2) is 28.9 Å². The number of rotatable bonds is 2. The monoisotopic (exact) mass is 293 g/mol. The normalized spacial score (nSPS) is 10.9. The number of nitrogens with zero attached hydrogens (tertiary/aromatic N) is 2. The molecule has 0 aliphatic carbocycles. The van der Waals surface area contributed by atoms with E-state index in [4.69, 9.17) is 10.3 Å². The number of hydrogen-bond donors (Lipinski definition) is 1. The van der Waals surface area contributed by atoms with Crippen LogP contribution in [0.3, 0.4) is 0 Å². The minimum Gasteiger partial charge on any atom is -0.367 e. The number of hydrogen-bond acceptors (Lipinski definition) is 5. The quantitative estimate of drug-likeness (QED) is 0.783. The average molecular weight is 293 g/mol. The van der Waals surface area contributed by atoms with Crippen LogP contribution in [0.2, 0.25) is 0 Å². The average Bonchev–Trinajstić information content (AvgIpc) is 2.96. The third-order valence-corrected chi connectivity index (χ3v) is 3.69. The first-order valence-electron chi connectivity index (χ1n) is 5.69. The van der Waals surface area contributed by atoms with Crippen molar-refractivity contribution in [3.63, 3.8) is 0 Å². The van der Waals surface area contributed by atoms with E-state index in [1.165, 1.54) is 17.4 Å². The molecule has 0 bridgehead atoms. The molecule has 20 heavy (non-hydrogen) atoms. The van der Waals surface area contributed by atoms with Crippen LogP contribution in [-0.4, -0.2) is 10.1 Å². The van der Waals surface area contributed by atoms with E-state index in [1.807, 2.05) is 6.92 Å². The van der Waals surface area contributed by atoms with Crippen molar-refractivity contribution in [1.29, 1.82) is 0 Å². The fourth-order valence-corrected chi connectivity index (χ4v) is 2.66. The number of aryl methyl sites for hydroxylation is 1. The van der Waals surface area contributed by atoms with Gasteiger partial charge in [0.15, 0.2) is 0 Å². The van der Waals surface area contributed by atoms with Gasteiger partial charge in [-0.3, -0.25) is 0 Å². The molecule has 7 heteroatoms. The van der Waals surface area contributed by atoms with Gasteiger partial charge in [0.1, 0.15) is 17.3 Å². The fourth-order valence-electron chi connectivity index (χ4n) is 1.89. The van der Waals surface area contributed by atoms with Gasteiger partial charge in [-0.2, -0.15) is 0 Å². The van der Waals surface area contributed by atoms with E-state index in [0.29, 0.717) is 16.1 Å². The number of thiazole rings is 1. The summed E-state index contributed by atoms with van der Waals surface area (Å²) in [6, 6.07) is 3.26. The molecule has 2 aromatic heterocycles. The van der Waals surface area contributed by atoms with Crippen LogP contribution in [0.4, 0.5) is 14.7 Å². The van der Waals surface area contributed by atoms with Gasteiger partial charge in [0, 0.05) is 17.8 Å². The lowest BCUT2D eigenvalue weighted by Gasteiger charge is -2.03. The Balaban J connectivity index is 2.21. The van der Waals surface area contributed by atoms with E-state index in [-0.39, 0.29) is 11.4 Å². The number of anilines is 1. The van der Waals surface area contributed by atoms with Crippen LogP contribution in [0.5, 0.6) is 0 Å². The Hall–Kier alpha value is -2.28. The largest absolute Gasteiger partial charge is 0.367 e. The molecule has 0 atom stereocenters. The maximum absolute atomic E-state index is 13.9. The van der Waals surface area contributed by atoms with Crippen molar-refractivity contribution in [2.75, 3.05) is 5.73 Å². The van der Waals surface area contributed by atoms with Gasteiger partial charge in [-0.1, -0.05) is 5.16 Å². The Kier molecular flexibility index (Phi) is 2.98. The maximum atomic E-state index is 13.9. The molecule has 0 aliphatic rings. The molecule has 102 valence electrons. The van der Waals surface area contributed by atoms with Gasteiger partial charge in [-0.15, -0.1) is 11.3 Å². The van der Waals surface area contributed by atoms with Crippen molar-refractivity contribution >= 4 is 17.2 Å². The molecular formula is C13H9F2N3OS. The first kappa shape index (κ1) is 12.7. The van der Waals surface area contributed by atoms with Crippen LogP contribution < -0.4 is 5.73 Å². The van der Waals surface area contributed by atoms with Gasteiger partial charge in [0.2, 0.25) is 5.88 Å². The summed E-state index contributed by atoms with van der Waals surface area (Å²) >= 11 is 1.39. The topological polar surface area (TPSA) is 64.9 Å². The highest BCUT2D eigenvalue weighted by Gasteiger charge is 2.21. The van der Waals surface area contributed by atoms with Crippen molar-refractivity contribution in [2.24, 2.45) is 0 Å². The second-order valence-electron chi connectivity index (χ2n) is 4.14. The number of aromatic nitrogens is 2. The highest BCUT2D eigenvalue weighted by Crippen LogP contribution is 2.39. The van der Waals surface area contributed by atoms with E-state index in [2.05, 4.69) is 10.1 Å². The van der Waals surface area contributed by atoms with Gasteiger partial charge < -0.3 is 10.3 Å². The molecule has 0 saturated carbocycles. The van der Waals surface area contributed by atoms with Crippen molar-refractivity contribution in [3.8, 4) is 21.7 Å². The molecule has 0 radical (unpaired) electrons. The number of halogens is 2. The summed E-state index contributed by atoms with van der Waals surface area (Å²) in [5.74, 6) is -1.39. The summed E-state index contributed by atoms with van der Waals surface area (Å²) in [4.78, 5) is 4.83. The predicted octanol–water partition coefficient (Wildman–Crippen LogP) is 3.63. The Morgan fingerprint density at radius 3 is 2.75 bits per heavy atom. The second kappa shape index (κ2) is 4.68. The van der Waals surface area contributed by atoms with E-state index in [9.17, 15) is 8.78 Å². The Morgan fingerprint density at radius 2 is 2.10 bits per heavy atom. The first-order chi connectivity index (χ1) is 9.56. The summed E-state index contributed by atoms with van der Waals surface area (Å²) in [5, 5.41) is 4.69. The first-order valence-corrected chi connectivity index (χ1v) is 6.51. The molecule has 4 nitrogen and oxygen atoms in total. The van der Waals surface area contributed by atoms with Gasteiger partial charge in [0.25, 0.3) is 0 Å². The molecular weight excluding hydrogens is 284 g/mol. The van der Waals surface area contributed by atoms with Gasteiger partial charge in [-0.05, 0) is 19.1 Å². The zero-order valence-electron chi connectivity index (χ0n) is 10.4. The molecule has 1 aromatic carbocycles. The Labute approximate surface area is 116 Å². The van der Waals surface area contributed by atoms with Crippen LogP contribution >= 0.6 is 11.3 Å². The van der Waals surface area contributed by atoms with Gasteiger partial charge >= 0.3 is 0 Å². The molecule has 0 spiro atoms. The highest BCUT2D eigenvalue weighted by atomic mass is 32.1. The lowest BCUT2D eigenvalue weighted by molar-refractivity contribution is 0.439. The summed E-state index contributed by atoms with van der Waals surface area (Å²) in [6.07, 6.45) is 1.61. The lowest BCUT2D eigenvalue weighted by atomic mass is 10.0. The maximum Gasteiger partial charge on any atom is 0.230 e. The Bertz CT molecular complexity index is 782. The standard InChI is InChI=1S/C13H9F2N3OS/c1-6-17-5-10(20-6)12-11(13(16)19-18-12)8-3-2-7(14)4-9(8)15/h2-5H,16H2,1H3. The number of benzene rings is 1. The van der Waals surface area contributed by atoms with E-state index < -0.39 is 11.6 Å². The summed E-state index contributed by atoms with van der Waals surface area (Å²) in [5.41, 5.74) is 6.58. The molecule has 0 fully saturated rings. The van der Waals surface area contributed by atoms with Gasteiger partial charge in [-0.25, -0.2) is 13.8 Å². The zero-order chi connectivity index (χ0) is 14.3. The zero-order valence-corrected chi connectivity index (χ0v) is 11.2. The van der Waals surface area contributed by atoms with Crippen molar-refractivity contribution in [3.05, 3.63) is 41.0 Å². The SMILES string of the molecule is Cc1ncc(-c2noc(N)c2-c2ccc(F)cc2F)s1. The van der Waals surface area contributed by atoms with Crippen LogP contribution in [-0.2, 0) is 0 Å². The summed E-state index contributed by atoms with van der Waals surface area (Å²) < 4.78 is 31.9. The molecule has 0 unspecified atom stereocenters. The molecule has 2 N–H and O–H groups in total. The molecule has 3 rings (SSSR count). The second-order valence-corrected chi connectivity index (χ2v) is 5.37. The predicted molar refractivity (Wildman–Crippen MR) is 72.1 cm³/mol. The highest BCUT2D eigenvalue weighted by molar-refractivity contribution is 7.15.